The highest BCUT2D eigenvalue weighted by Gasteiger charge is 2.23. The Morgan fingerprint density at radius 3 is 2.52 bits per heavy atom. The molecule has 1 aliphatic carbocycles. The number of rotatable bonds is 5. The molecule has 0 saturated heterocycles. The molecule has 1 N–H and O–H groups in total. The van der Waals surface area contributed by atoms with Gasteiger partial charge in [-0.3, -0.25) is 0 Å². The molecule has 1 aromatic heterocycles. The van der Waals surface area contributed by atoms with Gasteiger partial charge in [0.05, 0.1) is 4.90 Å². The van der Waals surface area contributed by atoms with Crippen molar-refractivity contribution in [2.75, 3.05) is 0 Å². The molecule has 0 radical (unpaired) electrons. The van der Waals surface area contributed by atoms with Gasteiger partial charge in [0.15, 0.2) is 0 Å². The molecule has 0 atom stereocenters. The number of hydrogen-bond acceptors (Lipinski definition) is 5. The zero-order valence-corrected chi connectivity index (χ0v) is 15.9. The van der Waals surface area contributed by atoms with Crippen LogP contribution < -0.4 is 4.72 Å². The maximum atomic E-state index is 12.7. The topological polar surface area (TPSA) is 85.1 Å². The zero-order chi connectivity index (χ0) is 18.9. The Hall–Kier alpha value is -2.51. The average Bonchev–Trinajstić information content (AvgIpc) is 3.34. The van der Waals surface area contributed by atoms with Gasteiger partial charge >= 0.3 is 0 Å². The summed E-state index contributed by atoms with van der Waals surface area (Å²) in [5.41, 5.74) is 2.58. The van der Waals surface area contributed by atoms with Crippen molar-refractivity contribution in [3.8, 4) is 22.8 Å². The number of aryl methyl sites for hydroxylation is 1. The third kappa shape index (κ3) is 3.94. The van der Waals surface area contributed by atoms with Gasteiger partial charge in [0, 0.05) is 17.2 Å². The maximum absolute atomic E-state index is 12.7. The number of nitrogens with zero attached hydrogens (tertiary/aromatic N) is 2. The largest absolute Gasteiger partial charge is 0.334 e. The molecule has 3 aromatic rings. The fourth-order valence-corrected chi connectivity index (χ4v) is 4.64. The molecule has 140 valence electrons. The van der Waals surface area contributed by atoms with E-state index >= 15 is 0 Å². The summed E-state index contributed by atoms with van der Waals surface area (Å²) in [6.07, 6.45) is 3.92. The molecule has 0 unspecified atom stereocenters. The van der Waals surface area contributed by atoms with Crippen molar-refractivity contribution in [3.05, 3.63) is 54.1 Å². The van der Waals surface area contributed by atoms with Gasteiger partial charge in [0.25, 0.3) is 5.89 Å². The van der Waals surface area contributed by atoms with Crippen molar-refractivity contribution in [1.29, 1.82) is 0 Å². The second-order valence-corrected chi connectivity index (χ2v) is 8.63. The van der Waals surface area contributed by atoms with E-state index in [0.717, 1.165) is 36.8 Å². The smallest absolute Gasteiger partial charge is 0.258 e. The molecule has 0 aliphatic heterocycles. The number of aromatic nitrogens is 2. The summed E-state index contributed by atoms with van der Waals surface area (Å²) in [5, 5.41) is 4.02. The monoisotopic (exact) mass is 383 g/mol. The lowest BCUT2D eigenvalue weighted by Crippen LogP contribution is -2.32. The minimum atomic E-state index is -3.56. The van der Waals surface area contributed by atoms with Crippen LogP contribution in [0.25, 0.3) is 22.8 Å². The molecule has 7 heteroatoms. The van der Waals surface area contributed by atoms with Crippen LogP contribution in [-0.4, -0.2) is 24.6 Å². The normalized spacial score (nSPS) is 15.3. The van der Waals surface area contributed by atoms with Crippen molar-refractivity contribution < 1.29 is 12.9 Å². The van der Waals surface area contributed by atoms with Crippen molar-refractivity contribution in [2.45, 2.75) is 43.5 Å². The first-order valence-corrected chi connectivity index (χ1v) is 10.5. The lowest BCUT2D eigenvalue weighted by molar-refractivity contribution is 0.432. The maximum Gasteiger partial charge on any atom is 0.258 e. The summed E-state index contributed by atoms with van der Waals surface area (Å²) < 4.78 is 33.5. The van der Waals surface area contributed by atoms with E-state index < -0.39 is 10.0 Å². The lowest BCUT2D eigenvalue weighted by Gasteiger charge is -2.12. The van der Waals surface area contributed by atoms with E-state index in [9.17, 15) is 8.42 Å². The fraction of sp³-hybridized carbons (Fsp3) is 0.300. The first-order valence-electron chi connectivity index (χ1n) is 9.05. The van der Waals surface area contributed by atoms with Crippen LogP contribution in [0.5, 0.6) is 0 Å². The molecule has 1 fully saturated rings. The minimum Gasteiger partial charge on any atom is -0.334 e. The van der Waals surface area contributed by atoms with Crippen LogP contribution in [0.1, 0.15) is 31.2 Å². The van der Waals surface area contributed by atoms with Gasteiger partial charge in [-0.15, -0.1) is 0 Å². The summed E-state index contributed by atoms with van der Waals surface area (Å²) in [5.74, 6) is 0.769. The van der Waals surface area contributed by atoms with E-state index in [1.54, 1.807) is 24.3 Å². The van der Waals surface area contributed by atoms with Gasteiger partial charge in [-0.2, -0.15) is 4.98 Å². The lowest BCUT2D eigenvalue weighted by atomic mass is 10.1. The Bertz CT molecular complexity index is 1040. The van der Waals surface area contributed by atoms with Crippen molar-refractivity contribution in [3.63, 3.8) is 0 Å². The molecule has 1 saturated carbocycles. The third-order valence-electron chi connectivity index (χ3n) is 4.80. The summed E-state index contributed by atoms with van der Waals surface area (Å²) in [7, 11) is -3.56. The van der Waals surface area contributed by atoms with Crippen LogP contribution in [0.4, 0.5) is 0 Å². The Morgan fingerprint density at radius 2 is 1.78 bits per heavy atom. The predicted octanol–water partition coefficient (Wildman–Crippen LogP) is 3.93. The minimum absolute atomic E-state index is 0.0233. The van der Waals surface area contributed by atoms with Gasteiger partial charge in [-0.1, -0.05) is 53.9 Å². The molecule has 0 spiro atoms. The van der Waals surface area contributed by atoms with Crippen LogP contribution in [0.2, 0.25) is 0 Å². The van der Waals surface area contributed by atoms with Crippen LogP contribution in [-0.2, 0) is 10.0 Å². The van der Waals surface area contributed by atoms with E-state index in [1.165, 1.54) is 0 Å². The van der Waals surface area contributed by atoms with Gasteiger partial charge in [0.1, 0.15) is 0 Å². The van der Waals surface area contributed by atoms with Crippen LogP contribution in [0, 0.1) is 6.92 Å². The molecule has 27 heavy (non-hydrogen) atoms. The Balaban J connectivity index is 1.60. The Labute approximate surface area is 158 Å². The summed E-state index contributed by atoms with van der Waals surface area (Å²) in [6.45, 7) is 2.01. The zero-order valence-electron chi connectivity index (χ0n) is 15.1. The highest BCUT2D eigenvalue weighted by Crippen LogP contribution is 2.25. The molecular weight excluding hydrogens is 362 g/mol. The van der Waals surface area contributed by atoms with E-state index in [4.69, 9.17) is 4.52 Å². The van der Waals surface area contributed by atoms with Crippen molar-refractivity contribution in [2.24, 2.45) is 0 Å². The first kappa shape index (κ1) is 17.9. The summed E-state index contributed by atoms with van der Waals surface area (Å²) in [4.78, 5) is 4.62. The third-order valence-corrected chi connectivity index (χ3v) is 6.32. The van der Waals surface area contributed by atoms with Crippen LogP contribution in [0.15, 0.2) is 57.9 Å². The molecule has 1 aliphatic rings. The van der Waals surface area contributed by atoms with Crippen molar-refractivity contribution in [1.82, 2.24) is 14.9 Å². The van der Waals surface area contributed by atoms with Gasteiger partial charge in [0.2, 0.25) is 15.8 Å². The number of benzene rings is 2. The van der Waals surface area contributed by atoms with E-state index in [2.05, 4.69) is 14.9 Å². The molecular formula is C20H21N3O3S. The summed E-state index contributed by atoms with van der Waals surface area (Å²) in [6, 6.07) is 14.4. The summed E-state index contributed by atoms with van der Waals surface area (Å²) >= 11 is 0. The molecule has 1 heterocycles. The highest BCUT2D eigenvalue weighted by molar-refractivity contribution is 7.89. The molecule has 6 nitrogen and oxygen atoms in total. The van der Waals surface area contributed by atoms with E-state index in [1.807, 2.05) is 31.2 Å². The SMILES string of the molecule is Cc1ccc(-c2noc(-c3cccc(S(=O)(=O)NC4CCCC4)c3)n2)cc1. The van der Waals surface area contributed by atoms with Gasteiger partial charge in [-0.25, -0.2) is 13.1 Å². The Kier molecular flexibility index (Phi) is 4.80. The second kappa shape index (κ2) is 7.25. The van der Waals surface area contributed by atoms with Crippen molar-refractivity contribution >= 4 is 10.0 Å². The average molecular weight is 383 g/mol. The highest BCUT2D eigenvalue weighted by atomic mass is 32.2. The molecule has 0 bridgehead atoms. The predicted molar refractivity (Wildman–Crippen MR) is 102 cm³/mol. The second-order valence-electron chi connectivity index (χ2n) is 6.92. The van der Waals surface area contributed by atoms with Crippen LogP contribution >= 0.6 is 0 Å². The number of nitrogens with one attached hydrogen (secondary N) is 1. The fourth-order valence-electron chi connectivity index (χ4n) is 3.29. The number of hydrogen-bond donors (Lipinski definition) is 1. The molecule has 2 aromatic carbocycles. The molecule has 4 rings (SSSR count). The quantitative estimate of drug-likeness (QED) is 0.721. The van der Waals surface area contributed by atoms with Gasteiger partial charge < -0.3 is 4.52 Å². The van der Waals surface area contributed by atoms with Gasteiger partial charge in [-0.05, 0) is 38.0 Å². The van der Waals surface area contributed by atoms with E-state index in [0.29, 0.717) is 17.3 Å². The molecule has 0 amide bonds. The number of sulfonamides is 1. The van der Waals surface area contributed by atoms with E-state index in [-0.39, 0.29) is 10.9 Å². The first-order chi connectivity index (χ1) is 13.0. The standard InChI is InChI=1S/C20H21N3O3S/c1-14-9-11-15(12-10-14)19-21-20(26-22-19)16-5-4-8-18(13-16)27(24,25)23-17-6-2-3-7-17/h4-5,8-13,17,23H,2-3,6-7H2,1H3. The van der Waals surface area contributed by atoms with Crippen LogP contribution in [0.3, 0.4) is 0 Å². The Morgan fingerprint density at radius 1 is 1.04 bits per heavy atom.